The fourth-order valence-electron chi connectivity index (χ4n) is 3.20. The highest BCUT2D eigenvalue weighted by molar-refractivity contribution is 5.81. The molecule has 128 valence electrons. The number of amides is 1. The molecule has 25 heavy (non-hydrogen) atoms. The molecule has 4 rings (SSSR count). The van der Waals surface area contributed by atoms with E-state index in [4.69, 9.17) is 4.52 Å². The first kappa shape index (κ1) is 15.6. The molecule has 7 nitrogen and oxygen atoms in total. The third-order valence-corrected chi connectivity index (χ3v) is 4.52. The van der Waals surface area contributed by atoms with Crippen molar-refractivity contribution in [3.63, 3.8) is 0 Å². The fraction of sp³-hybridized carbons (Fsp3) is 0.333. The van der Waals surface area contributed by atoms with Crippen LogP contribution in [0.4, 0.5) is 0 Å². The smallest absolute Gasteiger partial charge is 0.245 e. The number of fused-ring (bicyclic) bond motifs is 1. The normalized spacial score (nSPS) is 17.0. The Bertz CT molecular complexity index is 899. The van der Waals surface area contributed by atoms with Crippen LogP contribution in [0.3, 0.4) is 0 Å². The summed E-state index contributed by atoms with van der Waals surface area (Å²) in [6, 6.07) is 11.6. The number of benzene rings is 1. The van der Waals surface area contributed by atoms with Crippen molar-refractivity contribution in [2.45, 2.75) is 32.9 Å². The molecule has 0 spiro atoms. The molecule has 0 fully saturated rings. The molecule has 1 aliphatic heterocycles. The molecule has 3 aromatic rings. The third kappa shape index (κ3) is 2.82. The van der Waals surface area contributed by atoms with E-state index in [1.807, 2.05) is 41.5 Å². The van der Waals surface area contributed by atoms with Crippen LogP contribution in [0.1, 0.15) is 30.0 Å². The molecule has 0 aliphatic carbocycles. The minimum Gasteiger partial charge on any atom is -0.353 e. The molecule has 1 aliphatic rings. The molecule has 0 saturated carbocycles. The highest BCUT2D eigenvalue weighted by Crippen LogP contribution is 2.28. The van der Waals surface area contributed by atoms with Crippen molar-refractivity contribution in [3.8, 4) is 11.6 Å². The van der Waals surface area contributed by atoms with Gasteiger partial charge in [0.1, 0.15) is 6.04 Å². The Labute approximate surface area is 145 Å². The van der Waals surface area contributed by atoms with Gasteiger partial charge in [0.05, 0.1) is 12.2 Å². The van der Waals surface area contributed by atoms with Gasteiger partial charge in [-0.05, 0) is 25.8 Å². The van der Waals surface area contributed by atoms with E-state index in [1.54, 1.807) is 6.07 Å². The van der Waals surface area contributed by atoms with Gasteiger partial charge in [-0.2, -0.15) is 0 Å². The van der Waals surface area contributed by atoms with Crippen molar-refractivity contribution in [1.82, 2.24) is 24.8 Å². The summed E-state index contributed by atoms with van der Waals surface area (Å²) in [6.45, 7) is 4.84. The second-order valence-electron chi connectivity index (χ2n) is 6.31. The van der Waals surface area contributed by atoms with Crippen molar-refractivity contribution < 1.29 is 9.32 Å². The van der Waals surface area contributed by atoms with E-state index in [9.17, 15) is 4.79 Å². The van der Waals surface area contributed by atoms with Gasteiger partial charge < -0.3 is 9.42 Å². The molecular weight excluding hydrogens is 318 g/mol. The van der Waals surface area contributed by atoms with Crippen molar-refractivity contribution >= 4 is 5.91 Å². The molecule has 1 amide bonds. The average molecular weight is 337 g/mol. The molecule has 3 heterocycles. The van der Waals surface area contributed by atoms with E-state index < -0.39 is 0 Å². The maximum Gasteiger partial charge on any atom is 0.245 e. The summed E-state index contributed by atoms with van der Waals surface area (Å²) >= 11 is 0. The number of rotatable bonds is 4. The van der Waals surface area contributed by atoms with Crippen LogP contribution in [0, 0.1) is 6.92 Å². The summed E-state index contributed by atoms with van der Waals surface area (Å²) < 4.78 is 7.14. The third-order valence-electron chi connectivity index (χ3n) is 4.52. The number of carbonyl (C=O) groups excluding carboxylic acids is 1. The lowest BCUT2D eigenvalue weighted by Gasteiger charge is -2.31. The standard InChI is InChI=1S/C18H19N5O2/c1-12-10-15(25-21-12)17-20-19-16-11-22(18(24)13(2)23(16)17)9-8-14-6-4-3-5-7-14/h3-7,10,13H,8-9,11H2,1-2H3/t13-/m0/s1. The Balaban J connectivity index is 1.57. The SMILES string of the molecule is Cc1cc(-c2nnc3n2[C@@H](C)C(=O)N(CCc2ccccc2)C3)on1. The second kappa shape index (κ2) is 6.16. The molecule has 7 heteroatoms. The largest absolute Gasteiger partial charge is 0.353 e. The Kier molecular flexibility index (Phi) is 3.83. The lowest BCUT2D eigenvalue weighted by molar-refractivity contribution is -0.136. The summed E-state index contributed by atoms with van der Waals surface area (Å²) in [5, 5.41) is 12.4. The fourth-order valence-corrected chi connectivity index (χ4v) is 3.20. The van der Waals surface area contributed by atoms with Crippen LogP contribution in [0.15, 0.2) is 40.9 Å². The number of aryl methyl sites for hydroxylation is 1. The van der Waals surface area contributed by atoms with Crippen LogP contribution in [0.5, 0.6) is 0 Å². The Hall–Kier alpha value is -2.96. The lowest BCUT2D eigenvalue weighted by atomic mass is 10.1. The zero-order valence-electron chi connectivity index (χ0n) is 14.2. The van der Waals surface area contributed by atoms with E-state index in [0.29, 0.717) is 24.7 Å². The van der Waals surface area contributed by atoms with Gasteiger partial charge in [0.2, 0.25) is 17.5 Å². The topological polar surface area (TPSA) is 77.0 Å². The van der Waals surface area contributed by atoms with E-state index in [1.165, 1.54) is 5.56 Å². The quantitative estimate of drug-likeness (QED) is 0.730. The molecule has 0 unspecified atom stereocenters. The molecular formula is C18H19N5O2. The average Bonchev–Trinajstić information content (AvgIpc) is 3.23. The first-order valence-electron chi connectivity index (χ1n) is 8.33. The van der Waals surface area contributed by atoms with Crippen LogP contribution in [-0.2, 0) is 17.8 Å². The van der Waals surface area contributed by atoms with E-state index in [2.05, 4.69) is 27.5 Å². The van der Waals surface area contributed by atoms with Crippen molar-refractivity contribution in [1.29, 1.82) is 0 Å². The van der Waals surface area contributed by atoms with E-state index in [0.717, 1.165) is 17.9 Å². The summed E-state index contributed by atoms with van der Waals surface area (Å²) in [5.41, 5.74) is 1.99. The minimum absolute atomic E-state index is 0.0701. The number of hydrogen-bond acceptors (Lipinski definition) is 5. The van der Waals surface area contributed by atoms with Crippen molar-refractivity contribution in [2.75, 3.05) is 6.54 Å². The zero-order chi connectivity index (χ0) is 17.4. The Morgan fingerprint density at radius 2 is 2.04 bits per heavy atom. The Morgan fingerprint density at radius 1 is 1.24 bits per heavy atom. The van der Waals surface area contributed by atoms with Crippen LogP contribution in [0.25, 0.3) is 11.6 Å². The second-order valence-corrected chi connectivity index (χ2v) is 6.31. The summed E-state index contributed by atoms with van der Waals surface area (Å²) in [4.78, 5) is 14.6. The van der Waals surface area contributed by atoms with Crippen LogP contribution in [0.2, 0.25) is 0 Å². The molecule has 1 atom stereocenters. The first-order valence-corrected chi connectivity index (χ1v) is 8.33. The van der Waals surface area contributed by atoms with E-state index >= 15 is 0 Å². The van der Waals surface area contributed by atoms with Crippen molar-refractivity contribution in [3.05, 3.63) is 53.5 Å². The highest BCUT2D eigenvalue weighted by atomic mass is 16.5. The summed E-state index contributed by atoms with van der Waals surface area (Å²) in [6.07, 6.45) is 0.821. The number of hydrogen-bond donors (Lipinski definition) is 0. The van der Waals surface area contributed by atoms with Gasteiger partial charge in [0, 0.05) is 12.6 Å². The van der Waals surface area contributed by atoms with Gasteiger partial charge in [0.25, 0.3) is 0 Å². The molecule has 0 N–H and O–H groups in total. The number of aromatic nitrogens is 4. The van der Waals surface area contributed by atoms with Crippen molar-refractivity contribution in [2.24, 2.45) is 0 Å². The number of nitrogens with zero attached hydrogens (tertiary/aromatic N) is 5. The van der Waals surface area contributed by atoms with E-state index in [-0.39, 0.29) is 11.9 Å². The summed E-state index contributed by atoms with van der Waals surface area (Å²) in [7, 11) is 0. The van der Waals surface area contributed by atoms with Gasteiger partial charge >= 0.3 is 0 Å². The minimum atomic E-state index is -0.366. The van der Waals surface area contributed by atoms with Crippen LogP contribution >= 0.6 is 0 Å². The predicted octanol–water partition coefficient (Wildman–Crippen LogP) is 2.39. The lowest BCUT2D eigenvalue weighted by Crippen LogP contribution is -2.42. The summed E-state index contributed by atoms with van der Waals surface area (Å²) in [5.74, 6) is 1.93. The Morgan fingerprint density at radius 3 is 2.76 bits per heavy atom. The number of carbonyl (C=O) groups is 1. The predicted molar refractivity (Wildman–Crippen MR) is 90.5 cm³/mol. The van der Waals surface area contributed by atoms with Crippen LogP contribution < -0.4 is 0 Å². The van der Waals surface area contributed by atoms with Gasteiger partial charge in [0.15, 0.2) is 5.82 Å². The molecule has 0 bridgehead atoms. The maximum atomic E-state index is 12.8. The van der Waals surface area contributed by atoms with Gasteiger partial charge in [-0.15, -0.1) is 10.2 Å². The van der Waals surface area contributed by atoms with Gasteiger partial charge in [-0.1, -0.05) is 35.5 Å². The molecule has 0 radical (unpaired) electrons. The van der Waals surface area contributed by atoms with Gasteiger partial charge in [-0.3, -0.25) is 9.36 Å². The molecule has 2 aromatic heterocycles. The molecule has 0 saturated heterocycles. The first-order chi connectivity index (χ1) is 12.1. The monoisotopic (exact) mass is 337 g/mol. The molecule has 1 aromatic carbocycles. The maximum absolute atomic E-state index is 12.8. The highest BCUT2D eigenvalue weighted by Gasteiger charge is 2.34. The van der Waals surface area contributed by atoms with Gasteiger partial charge in [-0.25, -0.2) is 0 Å². The van der Waals surface area contributed by atoms with Crippen LogP contribution in [-0.4, -0.2) is 37.3 Å². The zero-order valence-corrected chi connectivity index (χ0v) is 14.2.